The van der Waals surface area contributed by atoms with Crippen molar-refractivity contribution in [3.8, 4) is 0 Å². The van der Waals surface area contributed by atoms with E-state index in [-0.39, 0.29) is 12.4 Å². The third-order valence-corrected chi connectivity index (χ3v) is 5.23. The molecule has 3 rings (SSSR count). The van der Waals surface area contributed by atoms with Gasteiger partial charge in [-0.25, -0.2) is 4.98 Å². The van der Waals surface area contributed by atoms with Gasteiger partial charge in [0.1, 0.15) is 0 Å². The van der Waals surface area contributed by atoms with Crippen LogP contribution in [-0.4, -0.2) is 35.1 Å². The molecule has 3 nitrogen and oxygen atoms in total. The molecule has 2 aliphatic heterocycles. The first kappa shape index (κ1) is 14.3. The Kier molecular flexibility index (Phi) is 4.64. The predicted octanol–water partition coefficient (Wildman–Crippen LogP) is 2.59. The fourth-order valence-corrected chi connectivity index (χ4v) is 4.06. The van der Waals surface area contributed by atoms with Crippen LogP contribution in [0.5, 0.6) is 0 Å². The Balaban J connectivity index is 0.00000120. The van der Waals surface area contributed by atoms with Crippen LogP contribution in [0.15, 0.2) is 5.51 Å². The molecule has 0 aliphatic carbocycles. The second-order valence-electron chi connectivity index (χ2n) is 5.54. The lowest BCUT2D eigenvalue weighted by Crippen LogP contribution is -2.46. The molecule has 0 aromatic carbocycles. The van der Waals surface area contributed by atoms with Gasteiger partial charge in [0.15, 0.2) is 0 Å². The molecular weight excluding hydrogens is 266 g/mol. The smallest absolute Gasteiger partial charge is 0.0798 e. The van der Waals surface area contributed by atoms with E-state index in [1.807, 2.05) is 5.51 Å². The number of hydrogen-bond acceptors (Lipinski definition) is 4. The highest BCUT2D eigenvalue weighted by molar-refractivity contribution is 7.09. The summed E-state index contributed by atoms with van der Waals surface area (Å²) in [5, 5.41) is 3.71. The third kappa shape index (κ3) is 2.87. The maximum Gasteiger partial charge on any atom is 0.0798 e. The molecule has 0 radical (unpaired) electrons. The second kappa shape index (κ2) is 5.87. The average Bonchev–Trinajstić information content (AvgIpc) is 2.86. The van der Waals surface area contributed by atoms with Crippen LogP contribution in [0.4, 0.5) is 0 Å². The molecule has 1 aromatic heterocycles. The summed E-state index contributed by atoms with van der Waals surface area (Å²) < 4.78 is 0. The van der Waals surface area contributed by atoms with E-state index in [0.717, 1.165) is 24.7 Å². The summed E-state index contributed by atoms with van der Waals surface area (Å²) in [6.45, 7) is 3.19. The number of fused-ring (bicyclic) bond motifs is 2. The van der Waals surface area contributed by atoms with E-state index in [2.05, 4.69) is 29.2 Å². The molecule has 18 heavy (non-hydrogen) atoms. The molecule has 102 valence electrons. The van der Waals surface area contributed by atoms with E-state index in [4.69, 9.17) is 0 Å². The highest BCUT2D eigenvalue weighted by Crippen LogP contribution is 2.30. The fourth-order valence-electron chi connectivity index (χ4n) is 3.22. The van der Waals surface area contributed by atoms with E-state index in [1.54, 1.807) is 11.3 Å². The first-order valence-corrected chi connectivity index (χ1v) is 7.45. The van der Waals surface area contributed by atoms with Gasteiger partial charge >= 0.3 is 0 Å². The maximum atomic E-state index is 4.34. The van der Waals surface area contributed by atoms with Gasteiger partial charge in [-0.15, -0.1) is 23.7 Å². The number of nitrogens with zero attached hydrogens (tertiary/aromatic N) is 2. The van der Waals surface area contributed by atoms with Crippen molar-refractivity contribution >= 4 is 23.7 Å². The Morgan fingerprint density at radius 1 is 1.39 bits per heavy atom. The molecule has 5 heteroatoms. The Morgan fingerprint density at radius 3 is 2.61 bits per heavy atom. The lowest BCUT2D eigenvalue weighted by molar-refractivity contribution is 0.167. The van der Waals surface area contributed by atoms with Gasteiger partial charge < -0.3 is 5.32 Å². The van der Waals surface area contributed by atoms with Crippen molar-refractivity contribution in [2.75, 3.05) is 7.05 Å². The molecule has 2 fully saturated rings. The zero-order valence-electron chi connectivity index (χ0n) is 11.1. The molecule has 0 amide bonds. The topological polar surface area (TPSA) is 28.2 Å². The highest BCUT2D eigenvalue weighted by Gasteiger charge is 2.35. The molecule has 1 aromatic rings. The number of piperidine rings is 1. The number of thiazole rings is 1. The average molecular weight is 288 g/mol. The minimum absolute atomic E-state index is 0. The molecule has 2 atom stereocenters. The zero-order valence-corrected chi connectivity index (χ0v) is 12.7. The summed E-state index contributed by atoms with van der Waals surface area (Å²) in [7, 11) is 2.27. The van der Waals surface area contributed by atoms with Crippen LogP contribution in [0.25, 0.3) is 0 Å². The number of aromatic nitrogens is 1. The molecular formula is C13H22ClN3S. The zero-order chi connectivity index (χ0) is 11.8. The maximum absolute atomic E-state index is 4.34. The SMILES string of the molecule is Cc1ncsc1CN(C)C1CC2CCC(C1)N2.Cl. The van der Waals surface area contributed by atoms with E-state index >= 15 is 0 Å². The van der Waals surface area contributed by atoms with Crippen LogP contribution in [0.2, 0.25) is 0 Å². The third-order valence-electron chi connectivity index (χ3n) is 4.31. The minimum Gasteiger partial charge on any atom is -0.311 e. The van der Waals surface area contributed by atoms with Gasteiger partial charge in [-0.1, -0.05) is 0 Å². The van der Waals surface area contributed by atoms with Gasteiger partial charge in [-0.05, 0) is 39.7 Å². The predicted molar refractivity (Wildman–Crippen MR) is 78.5 cm³/mol. The van der Waals surface area contributed by atoms with E-state index in [0.29, 0.717) is 0 Å². The number of aryl methyl sites for hydroxylation is 1. The van der Waals surface area contributed by atoms with Crippen LogP contribution in [0, 0.1) is 6.92 Å². The van der Waals surface area contributed by atoms with Gasteiger partial charge in [0.25, 0.3) is 0 Å². The Labute approximate surface area is 119 Å². The molecule has 2 bridgehead atoms. The number of hydrogen-bond donors (Lipinski definition) is 1. The van der Waals surface area contributed by atoms with E-state index in [9.17, 15) is 0 Å². The number of rotatable bonds is 3. The van der Waals surface area contributed by atoms with Crippen LogP contribution in [0.1, 0.15) is 36.3 Å². The van der Waals surface area contributed by atoms with Crippen LogP contribution in [0.3, 0.4) is 0 Å². The largest absolute Gasteiger partial charge is 0.311 e. The Hall–Kier alpha value is -0.160. The van der Waals surface area contributed by atoms with Crippen molar-refractivity contribution in [1.82, 2.24) is 15.2 Å². The van der Waals surface area contributed by atoms with Crippen LogP contribution >= 0.6 is 23.7 Å². The summed E-state index contributed by atoms with van der Waals surface area (Å²) in [5.41, 5.74) is 3.17. The van der Waals surface area contributed by atoms with Crippen molar-refractivity contribution in [2.24, 2.45) is 0 Å². The van der Waals surface area contributed by atoms with Crippen LogP contribution in [-0.2, 0) is 6.54 Å². The van der Waals surface area contributed by atoms with E-state index < -0.39 is 0 Å². The summed E-state index contributed by atoms with van der Waals surface area (Å²) >= 11 is 1.79. The Bertz CT molecular complexity index is 383. The fraction of sp³-hybridized carbons (Fsp3) is 0.769. The molecule has 3 heterocycles. The van der Waals surface area contributed by atoms with Crippen molar-refractivity contribution in [1.29, 1.82) is 0 Å². The normalized spacial score (nSPS) is 30.5. The van der Waals surface area contributed by atoms with Crippen molar-refractivity contribution in [3.63, 3.8) is 0 Å². The lowest BCUT2D eigenvalue weighted by atomic mass is 9.98. The minimum atomic E-state index is 0. The Morgan fingerprint density at radius 2 is 2.06 bits per heavy atom. The summed E-state index contributed by atoms with van der Waals surface area (Å²) in [6, 6.07) is 2.32. The molecule has 2 unspecified atom stereocenters. The standard InChI is InChI=1S/C13H21N3S.ClH/c1-9-13(17-8-14-9)7-16(2)12-5-10-3-4-11(6-12)15-10;/h8,10-12,15H,3-7H2,1-2H3;1H. The summed E-state index contributed by atoms with van der Waals surface area (Å²) in [6.07, 6.45) is 5.42. The van der Waals surface area contributed by atoms with Gasteiger partial charge in [0.05, 0.1) is 11.2 Å². The van der Waals surface area contributed by atoms with Gasteiger partial charge in [0, 0.05) is 29.5 Å². The molecule has 2 saturated heterocycles. The molecule has 0 saturated carbocycles. The van der Waals surface area contributed by atoms with E-state index in [1.165, 1.54) is 36.3 Å². The van der Waals surface area contributed by atoms with Gasteiger partial charge in [-0.2, -0.15) is 0 Å². The second-order valence-corrected chi connectivity index (χ2v) is 6.48. The summed E-state index contributed by atoms with van der Waals surface area (Å²) in [5.74, 6) is 0. The van der Waals surface area contributed by atoms with Crippen molar-refractivity contribution < 1.29 is 0 Å². The lowest BCUT2D eigenvalue weighted by Gasteiger charge is -2.35. The van der Waals surface area contributed by atoms with Crippen molar-refractivity contribution in [3.05, 3.63) is 16.1 Å². The molecule has 0 spiro atoms. The monoisotopic (exact) mass is 287 g/mol. The van der Waals surface area contributed by atoms with Gasteiger partial charge in [0.2, 0.25) is 0 Å². The summed E-state index contributed by atoms with van der Waals surface area (Å²) in [4.78, 5) is 8.30. The molecule has 1 N–H and O–H groups in total. The van der Waals surface area contributed by atoms with Crippen molar-refractivity contribution in [2.45, 2.75) is 57.3 Å². The van der Waals surface area contributed by atoms with Gasteiger partial charge in [-0.3, -0.25) is 4.90 Å². The first-order chi connectivity index (χ1) is 8.22. The number of nitrogens with one attached hydrogen (secondary N) is 1. The first-order valence-electron chi connectivity index (χ1n) is 6.57. The van der Waals surface area contributed by atoms with Crippen LogP contribution < -0.4 is 5.32 Å². The molecule has 2 aliphatic rings. The quantitative estimate of drug-likeness (QED) is 0.926. The number of halogens is 1. The highest BCUT2D eigenvalue weighted by atomic mass is 35.5.